The van der Waals surface area contributed by atoms with Gasteiger partial charge in [0.15, 0.2) is 15.0 Å². The number of ether oxygens (including phenoxy) is 1. The fourth-order valence-corrected chi connectivity index (χ4v) is 4.10. The Morgan fingerprint density at radius 2 is 2.00 bits per heavy atom. The van der Waals surface area contributed by atoms with Gasteiger partial charge in [-0.15, -0.1) is 16.8 Å². The fourth-order valence-electron chi connectivity index (χ4n) is 2.03. The Hall–Kier alpha value is -2.13. The van der Waals surface area contributed by atoms with Crippen molar-refractivity contribution >= 4 is 27.6 Å². The number of hydrogen-bond donors (Lipinski definition) is 0. The molecule has 0 saturated heterocycles. The molecule has 2 aromatic rings. The van der Waals surface area contributed by atoms with Gasteiger partial charge in [-0.25, -0.2) is 8.42 Å². The SMILES string of the molecule is C=CCn1c(CS(=O)(=O)c2ccc(C)cc2)nnc1SCC(=O)OC. The predicted octanol–water partition coefficient (Wildman–Crippen LogP) is 2.01. The van der Waals surface area contributed by atoms with E-state index in [0.717, 1.165) is 17.3 Å². The Balaban J connectivity index is 2.26. The molecule has 0 amide bonds. The summed E-state index contributed by atoms with van der Waals surface area (Å²) in [5.74, 6) is -0.313. The summed E-state index contributed by atoms with van der Waals surface area (Å²) in [5, 5.41) is 8.41. The van der Waals surface area contributed by atoms with Crippen LogP contribution >= 0.6 is 11.8 Å². The number of rotatable bonds is 8. The molecule has 25 heavy (non-hydrogen) atoms. The van der Waals surface area contributed by atoms with Crippen LogP contribution in [0.4, 0.5) is 0 Å². The van der Waals surface area contributed by atoms with Crippen LogP contribution in [0.2, 0.25) is 0 Å². The van der Waals surface area contributed by atoms with Crippen molar-refractivity contribution in [2.24, 2.45) is 0 Å². The minimum Gasteiger partial charge on any atom is -0.468 e. The van der Waals surface area contributed by atoms with E-state index in [4.69, 9.17) is 0 Å². The molecule has 0 aliphatic heterocycles. The minimum absolute atomic E-state index is 0.0660. The number of benzene rings is 1. The first-order valence-electron chi connectivity index (χ1n) is 7.39. The lowest BCUT2D eigenvalue weighted by atomic mass is 10.2. The zero-order valence-corrected chi connectivity index (χ0v) is 15.6. The lowest BCUT2D eigenvalue weighted by Gasteiger charge is -2.08. The average molecular weight is 381 g/mol. The first kappa shape index (κ1) is 19.2. The number of hydrogen-bond acceptors (Lipinski definition) is 7. The second kappa shape index (κ2) is 8.30. The van der Waals surface area contributed by atoms with Crippen LogP contribution in [0.15, 0.2) is 47.0 Å². The van der Waals surface area contributed by atoms with Crippen molar-refractivity contribution in [2.75, 3.05) is 12.9 Å². The third-order valence-electron chi connectivity index (χ3n) is 3.35. The molecule has 0 spiro atoms. The Kier molecular flexibility index (Phi) is 6.38. The summed E-state index contributed by atoms with van der Waals surface area (Å²) in [4.78, 5) is 11.5. The molecule has 1 heterocycles. The molecule has 0 aliphatic rings. The van der Waals surface area contributed by atoms with Gasteiger partial charge >= 0.3 is 5.97 Å². The molecule has 0 N–H and O–H groups in total. The number of methoxy groups -OCH3 is 1. The summed E-state index contributed by atoms with van der Waals surface area (Å²) in [7, 11) is -2.25. The zero-order valence-electron chi connectivity index (χ0n) is 14.0. The van der Waals surface area contributed by atoms with E-state index in [1.54, 1.807) is 34.9 Å². The van der Waals surface area contributed by atoms with E-state index in [-0.39, 0.29) is 16.4 Å². The largest absolute Gasteiger partial charge is 0.468 e. The van der Waals surface area contributed by atoms with Gasteiger partial charge in [0.1, 0.15) is 11.6 Å². The molecule has 9 heteroatoms. The fraction of sp³-hybridized carbons (Fsp3) is 0.312. The van der Waals surface area contributed by atoms with Gasteiger partial charge < -0.3 is 9.30 Å². The molecule has 1 aromatic carbocycles. The predicted molar refractivity (Wildman–Crippen MR) is 95.0 cm³/mol. The number of carbonyl (C=O) groups excluding carboxylic acids is 1. The Bertz CT molecular complexity index is 858. The van der Waals surface area contributed by atoms with Crippen molar-refractivity contribution in [3.05, 3.63) is 48.3 Å². The Labute approximate surface area is 151 Å². The van der Waals surface area contributed by atoms with Gasteiger partial charge in [0.05, 0.1) is 17.8 Å². The number of esters is 1. The molecule has 0 fully saturated rings. The van der Waals surface area contributed by atoms with Crippen LogP contribution in [0.1, 0.15) is 11.4 Å². The summed E-state index contributed by atoms with van der Waals surface area (Å²) >= 11 is 1.14. The van der Waals surface area contributed by atoms with E-state index in [2.05, 4.69) is 21.5 Å². The van der Waals surface area contributed by atoms with Crippen LogP contribution in [0.5, 0.6) is 0 Å². The highest BCUT2D eigenvalue weighted by Gasteiger charge is 2.21. The van der Waals surface area contributed by atoms with Crippen LogP contribution in [-0.4, -0.2) is 42.0 Å². The summed E-state index contributed by atoms with van der Waals surface area (Å²) < 4.78 is 31.4. The number of thioether (sulfide) groups is 1. The standard InChI is InChI=1S/C16H19N3O4S2/c1-4-9-19-14(17-18-16(19)24-10-15(20)23-3)11-25(21,22)13-7-5-12(2)6-8-13/h4-8H,1,9-11H2,2-3H3. The average Bonchev–Trinajstić information content (AvgIpc) is 2.94. The van der Waals surface area contributed by atoms with Crippen LogP contribution in [0, 0.1) is 6.92 Å². The highest BCUT2D eigenvalue weighted by molar-refractivity contribution is 7.99. The van der Waals surface area contributed by atoms with Gasteiger partial charge in [-0.2, -0.15) is 0 Å². The van der Waals surface area contributed by atoms with Gasteiger partial charge in [-0.1, -0.05) is 35.5 Å². The van der Waals surface area contributed by atoms with E-state index in [1.165, 1.54) is 7.11 Å². The van der Waals surface area contributed by atoms with E-state index in [0.29, 0.717) is 17.5 Å². The molecular weight excluding hydrogens is 362 g/mol. The van der Waals surface area contributed by atoms with Crippen molar-refractivity contribution in [1.82, 2.24) is 14.8 Å². The van der Waals surface area contributed by atoms with Crippen molar-refractivity contribution in [3.8, 4) is 0 Å². The minimum atomic E-state index is -3.55. The van der Waals surface area contributed by atoms with Gasteiger partial charge in [-0.05, 0) is 19.1 Å². The van der Waals surface area contributed by atoms with Gasteiger partial charge in [-0.3, -0.25) is 4.79 Å². The monoisotopic (exact) mass is 381 g/mol. The third kappa shape index (κ3) is 4.93. The summed E-state index contributed by atoms with van der Waals surface area (Å²) in [6.07, 6.45) is 1.62. The molecule has 1 aromatic heterocycles. The number of sulfone groups is 1. The Morgan fingerprint density at radius 3 is 2.60 bits per heavy atom. The molecular formula is C16H19N3O4S2. The van der Waals surface area contributed by atoms with Gasteiger partial charge in [0, 0.05) is 6.54 Å². The smallest absolute Gasteiger partial charge is 0.316 e. The number of nitrogens with zero attached hydrogens (tertiary/aromatic N) is 3. The molecule has 0 unspecified atom stereocenters. The molecule has 0 radical (unpaired) electrons. The molecule has 0 atom stereocenters. The van der Waals surface area contributed by atoms with Gasteiger partial charge in [0.2, 0.25) is 0 Å². The first-order chi connectivity index (χ1) is 11.9. The maximum atomic E-state index is 12.6. The summed E-state index contributed by atoms with van der Waals surface area (Å²) in [6, 6.07) is 6.65. The van der Waals surface area contributed by atoms with Crippen LogP contribution in [0.3, 0.4) is 0 Å². The third-order valence-corrected chi connectivity index (χ3v) is 5.92. The normalized spacial score (nSPS) is 11.3. The molecule has 7 nitrogen and oxygen atoms in total. The maximum Gasteiger partial charge on any atom is 0.316 e. The molecule has 0 saturated carbocycles. The van der Waals surface area contributed by atoms with E-state index >= 15 is 0 Å². The number of carbonyl (C=O) groups is 1. The molecule has 0 aliphatic carbocycles. The Morgan fingerprint density at radius 1 is 1.32 bits per heavy atom. The van der Waals surface area contributed by atoms with Crippen molar-refractivity contribution in [1.29, 1.82) is 0 Å². The highest BCUT2D eigenvalue weighted by Crippen LogP contribution is 2.21. The maximum absolute atomic E-state index is 12.6. The van der Waals surface area contributed by atoms with Crippen molar-refractivity contribution in [3.63, 3.8) is 0 Å². The number of allylic oxidation sites excluding steroid dienone is 1. The molecule has 2 rings (SSSR count). The highest BCUT2D eigenvalue weighted by atomic mass is 32.2. The van der Waals surface area contributed by atoms with Crippen LogP contribution < -0.4 is 0 Å². The first-order valence-corrected chi connectivity index (χ1v) is 10.0. The number of aryl methyl sites for hydroxylation is 1. The van der Waals surface area contributed by atoms with E-state index in [1.807, 2.05) is 6.92 Å². The zero-order chi connectivity index (χ0) is 18.4. The summed E-state index contributed by atoms with van der Waals surface area (Å²) in [5.41, 5.74) is 0.982. The summed E-state index contributed by atoms with van der Waals surface area (Å²) in [6.45, 7) is 5.90. The van der Waals surface area contributed by atoms with E-state index in [9.17, 15) is 13.2 Å². The topological polar surface area (TPSA) is 91.1 Å². The number of aromatic nitrogens is 3. The van der Waals surface area contributed by atoms with Crippen LogP contribution in [0.25, 0.3) is 0 Å². The lowest BCUT2D eigenvalue weighted by Crippen LogP contribution is -2.12. The molecule has 0 bridgehead atoms. The molecule has 134 valence electrons. The van der Waals surface area contributed by atoms with E-state index < -0.39 is 15.8 Å². The van der Waals surface area contributed by atoms with Crippen LogP contribution in [-0.2, 0) is 31.7 Å². The van der Waals surface area contributed by atoms with Crippen molar-refractivity contribution in [2.45, 2.75) is 29.3 Å². The second-order valence-corrected chi connectivity index (χ2v) is 8.17. The lowest BCUT2D eigenvalue weighted by molar-refractivity contribution is -0.137. The quantitative estimate of drug-likeness (QED) is 0.392. The van der Waals surface area contributed by atoms with Gasteiger partial charge in [0.25, 0.3) is 0 Å². The van der Waals surface area contributed by atoms with Crippen molar-refractivity contribution < 1.29 is 17.9 Å². The second-order valence-electron chi connectivity index (χ2n) is 5.24.